The molecular weight excluding hydrogens is 344 g/mol. The number of hydrogen-bond donors (Lipinski definition) is 2. The molecule has 6 nitrogen and oxygen atoms in total. The lowest BCUT2D eigenvalue weighted by molar-refractivity contribution is 0.727. The Hall–Kier alpha value is -1.86. The maximum Gasteiger partial charge on any atom is 0.165 e. The average Bonchev–Trinajstić information content (AvgIpc) is 3.22. The second-order valence-corrected chi connectivity index (χ2v) is 6.54. The largest absolute Gasteiger partial charge is 0.383 e. The highest BCUT2D eigenvalue weighted by Gasteiger charge is 2.24. The molecule has 3 N–H and O–H groups in total. The predicted molar refractivity (Wildman–Crippen MR) is 89.7 cm³/mol. The number of aryl methyl sites for hydroxylation is 1. The fourth-order valence-electron chi connectivity index (χ4n) is 3.04. The van der Waals surface area contributed by atoms with E-state index in [1.165, 1.54) is 0 Å². The summed E-state index contributed by atoms with van der Waals surface area (Å²) in [6, 6.07) is 2.06. The van der Waals surface area contributed by atoms with E-state index >= 15 is 0 Å². The van der Waals surface area contributed by atoms with Crippen LogP contribution in [0, 0.1) is 0 Å². The molecule has 4 rings (SSSR count). The normalized spacial score (nSPS) is 18.4. The summed E-state index contributed by atoms with van der Waals surface area (Å²) >= 11 is 3.60. The van der Waals surface area contributed by atoms with Gasteiger partial charge in [0.15, 0.2) is 5.65 Å². The Balaban J connectivity index is 1.93. The maximum absolute atomic E-state index is 6.27. The molecule has 0 radical (unpaired) electrons. The molecule has 114 valence electrons. The lowest BCUT2D eigenvalue weighted by atomic mass is 10.0. The van der Waals surface area contributed by atoms with E-state index < -0.39 is 0 Å². The molecule has 1 unspecified atom stereocenters. The Labute approximate surface area is 136 Å². The first-order valence-electron chi connectivity index (χ1n) is 7.31. The standard InChI is InChI=1S/C15H17BrN6/c1-21-5-3-10(8-21)11-7-19-22-14(17)12(16)13(20-15(11)22)9-2-4-18-6-9/h3,5,7-9,18H,2,4,6,17H2,1H3. The van der Waals surface area contributed by atoms with Gasteiger partial charge >= 0.3 is 0 Å². The van der Waals surface area contributed by atoms with E-state index in [4.69, 9.17) is 10.7 Å². The van der Waals surface area contributed by atoms with Gasteiger partial charge < -0.3 is 15.6 Å². The first kappa shape index (κ1) is 13.8. The van der Waals surface area contributed by atoms with Gasteiger partial charge in [0.25, 0.3) is 0 Å². The van der Waals surface area contributed by atoms with E-state index in [0.29, 0.717) is 11.7 Å². The van der Waals surface area contributed by atoms with Crippen LogP contribution in [-0.2, 0) is 7.05 Å². The number of nitrogens with two attached hydrogens (primary N) is 1. The molecule has 0 aromatic carbocycles. The molecule has 22 heavy (non-hydrogen) atoms. The summed E-state index contributed by atoms with van der Waals surface area (Å²) < 4.78 is 4.58. The second kappa shape index (κ2) is 5.10. The summed E-state index contributed by atoms with van der Waals surface area (Å²) in [6.45, 7) is 1.96. The Morgan fingerprint density at radius 2 is 2.32 bits per heavy atom. The number of nitrogens with zero attached hydrogens (tertiary/aromatic N) is 4. The molecule has 1 saturated heterocycles. The van der Waals surface area contributed by atoms with Crippen LogP contribution >= 0.6 is 15.9 Å². The SMILES string of the molecule is Cn1ccc(-c2cnn3c(N)c(Br)c(C4CCNC4)nc23)c1. The van der Waals surface area contributed by atoms with Crippen molar-refractivity contribution in [2.45, 2.75) is 12.3 Å². The summed E-state index contributed by atoms with van der Waals surface area (Å²) in [5.41, 5.74) is 10.2. The van der Waals surface area contributed by atoms with Gasteiger partial charge in [0.2, 0.25) is 0 Å². The zero-order valence-corrected chi connectivity index (χ0v) is 13.8. The predicted octanol–water partition coefficient (Wildman–Crippen LogP) is 2.16. The fourth-order valence-corrected chi connectivity index (χ4v) is 3.62. The van der Waals surface area contributed by atoms with Crippen LogP contribution < -0.4 is 11.1 Å². The number of fused-ring (bicyclic) bond motifs is 1. The zero-order chi connectivity index (χ0) is 15.3. The minimum atomic E-state index is 0.389. The van der Waals surface area contributed by atoms with E-state index in [1.54, 1.807) is 4.52 Å². The van der Waals surface area contributed by atoms with E-state index in [9.17, 15) is 0 Å². The van der Waals surface area contributed by atoms with E-state index in [0.717, 1.165) is 46.5 Å². The van der Waals surface area contributed by atoms with Gasteiger partial charge in [0.1, 0.15) is 5.82 Å². The number of rotatable bonds is 2. The maximum atomic E-state index is 6.27. The van der Waals surface area contributed by atoms with Crippen LogP contribution in [0.2, 0.25) is 0 Å². The van der Waals surface area contributed by atoms with Crippen molar-refractivity contribution in [2.24, 2.45) is 7.05 Å². The third kappa shape index (κ3) is 2.04. The topological polar surface area (TPSA) is 73.2 Å². The quantitative estimate of drug-likeness (QED) is 0.734. The number of nitrogens with one attached hydrogen (secondary N) is 1. The molecule has 3 aromatic rings. The van der Waals surface area contributed by atoms with Gasteiger partial charge in [-0.3, -0.25) is 0 Å². The molecule has 0 saturated carbocycles. The van der Waals surface area contributed by atoms with Gasteiger partial charge in [0.05, 0.1) is 16.4 Å². The highest BCUT2D eigenvalue weighted by molar-refractivity contribution is 9.10. The van der Waals surface area contributed by atoms with Gasteiger partial charge in [-0.25, -0.2) is 4.98 Å². The lowest BCUT2D eigenvalue weighted by Crippen LogP contribution is -2.12. The molecule has 0 aliphatic carbocycles. The molecule has 4 heterocycles. The molecule has 7 heteroatoms. The third-order valence-electron chi connectivity index (χ3n) is 4.24. The molecular formula is C15H17BrN6. The molecule has 1 fully saturated rings. The van der Waals surface area contributed by atoms with E-state index in [-0.39, 0.29) is 0 Å². The van der Waals surface area contributed by atoms with Gasteiger partial charge in [0, 0.05) is 43.0 Å². The number of nitrogen functional groups attached to an aromatic ring is 1. The number of aromatic nitrogens is 4. The third-order valence-corrected chi connectivity index (χ3v) is 5.05. The fraction of sp³-hybridized carbons (Fsp3) is 0.333. The monoisotopic (exact) mass is 360 g/mol. The van der Waals surface area contributed by atoms with Crippen molar-refractivity contribution in [3.05, 3.63) is 34.8 Å². The summed E-state index contributed by atoms with van der Waals surface area (Å²) in [4.78, 5) is 4.89. The number of halogens is 1. The zero-order valence-electron chi connectivity index (χ0n) is 12.3. The van der Waals surface area contributed by atoms with E-state index in [2.05, 4.69) is 38.6 Å². The van der Waals surface area contributed by atoms with Crippen molar-refractivity contribution in [1.29, 1.82) is 0 Å². The average molecular weight is 361 g/mol. The number of hydrogen-bond acceptors (Lipinski definition) is 4. The summed E-state index contributed by atoms with van der Waals surface area (Å²) in [5.74, 6) is 0.995. The van der Waals surface area contributed by atoms with Gasteiger partial charge in [-0.1, -0.05) is 0 Å². The highest BCUT2D eigenvalue weighted by Crippen LogP contribution is 2.34. The lowest BCUT2D eigenvalue weighted by Gasteiger charge is -2.13. The van der Waals surface area contributed by atoms with E-state index in [1.807, 2.05) is 24.0 Å². The smallest absolute Gasteiger partial charge is 0.165 e. The van der Waals surface area contributed by atoms with Crippen LogP contribution in [0.4, 0.5) is 5.82 Å². The minimum absolute atomic E-state index is 0.389. The highest BCUT2D eigenvalue weighted by atomic mass is 79.9. The summed E-state index contributed by atoms with van der Waals surface area (Å²) in [5, 5.41) is 7.79. The van der Waals surface area contributed by atoms with Gasteiger partial charge in [-0.2, -0.15) is 9.61 Å². The molecule has 0 bridgehead atoms. The molecule has 1 aliphatic rings. The molecule has 0 spiro atoms. The van der Waals surface area contributed by atoms with Crippen molar-refractivity contribution >= 4 is 27.4 Å². The van der Waals surface area contributed by atoms with Crippen molar-refractivity contribution in [3.63, 3.8) is 0 Å². The first-order valence-corrected chi connectivity index (χ1v) is 8.10. The Bertz CT molecular complexity index is 843. The van der Waals surface area contributed by atoms with Crippen LogP contribution in [0.25, 0.3) is 16.8 Å². The van der Waals surface area contributed by atoms with Gasteiger partial charge in [-0.05, 0) is 35.0 Å². The Kier molecular flexibility index (Phi) is 3.19. The Morgan fingerprint density at radius 1 is 1.45 bits per heavy atom. The first-order chi connectivity index (χ1) is 10.6. The molecule has 0 amide bonds. The van der Waals surface area contributed by atoms with Crippen molar-refractivity contribution < 1.29 is 0 Å². The number of anilines is 1. The van der Waals surface area contributed by atoms with Crippen LogP contribution in [-0.4, -0.2) is 32.3 Å². The summed E-state index contributed by atoms with van der Waals surface area (Å²) in [7, 11) is 2.00. The minimum Gasteiger partial charge on any atom is -0.383 e. The molecule has 1 aliphatic heterocycles. The van der Waals surface area contributed by atoms with Crippen molar-refractivity contribution in [2.75, 3.05) is 18.8 Å². The van der Waals surface area contributed by atoms with Crippen LogP contribution in [0.15, 0.2) is 29.1 Å². The van der Waals surface area contributed by atoms with Crippen molar-refractivity contribution in [3.8, 4) is 11.1 Å². The Morgan fingerprint density at radius 3 is 3.00 bits per heavy atom. The second-order valence-electron chi connectivity index (χ2n) is 5.75. The van der Waals surface area contributed by atoms with Crippen LogP contribution in [0.1, 0.15) is 18.0 Å². The molecule has 3 aromatic heterocycles. The van der Waals surface area contributed by atoms with Gasteiger partial charge in [-0.15, -0.1) is 0 Å². The molecule has 1 atom stereocenters. The summed E-state index contributed by atoms with van der Waals surface area (Å²) in [6.07, 6.45) is 6.99. The van der Waals surface area contributed by atoms with Crippen LogP contribution in [0.5, 0.6) is 0 Å². The van der Waals surface area contributed by atoms with Crippen molar-refractivity contribution in [1.82, 2.24) is 24.5 Å². The van der Waals surface area contributed by atoms with Crippen LogP contribution in [0.3, 0.4) is 0 Å².